The summed E-state index contributed by atoms with van der Waals surface area (Å²) in [5, 5.41) is 3.73. The summed E-state index contributed by atoms with van der Waals surface area (Å²) >= 11 is 0. The van der Waals surface area contributed by atoms with E-state index in [9.17, 15) is 0 Å². The molecule has 0 saturated heterocycles. The number of nitrogens with zero attached hydrogens (tertiary/aromatic N) is 2. The minimum Gasteiger partial charge on any atom is -0.375 e. The number of hydrogen-bond donors (Lipinski definition) is 2. The third-order valence-corrected chi connectivity index (χ3v) is 9.27. The average molecular weight is 631 g/mol. The Morgan fingerprint density at radius 1 is 0.809 bits per heavy atom. The third kappa shape index (κ3) is 9.18. The predicted molar refractivity (Wildman–Crippen MR) is 199 cm³/mol. The van der Waals surface area contributed by atoms with Crippen molar-refractivity contribution in [3.05, 3.63) is 108 Å². The van der Waals surface area contributed by atoms with Crippen LogP contribution in [0.1, 0.15) is 97.0 Å². The van der Waals surface area contributed by atoms with Gasteiger partial charge in [0.2, 0.25) is 0 Å². The molecule has 0 saturated carbocycles. The van der Waals surface area contributed by atoms with Crippen molar-refractivity contribution in [3.63, 3.8) is 0 Å². The Balaban J connectivity index is 1.17. The van der Waals surface area contributed by atoms with Crippen molar-refractivity contribution < 1.29 is 4.74 Å². The lowest BCUT2D eigenvalue weighted by molar-refractivity contribution is 0.119. The molecular formula is C42H54N4O. The van der Waals surface area contributed by atoms with E-state index >= 15 is 0 Å². The fraction of sp³-hybridized carbons (Fsp3) is 0.429. The third-order valence-electron chi connectivity index (χ3n) is 9.27. The molecule has 0 unspecified atom stereocenters. The van der Waals surface area contributed by atoms with Crippen LogP contribution in [0.2, 0.25) is 0 Å². The Bertz CT molecular complexity index is 1620. The highest BCUT2D eigenvalue weighted by atomic mass is 16.5. The number of nitrogens with one attached hydrogen (secondary N) is 2. The van der Waals surface area contributed by atoms with Gasteiger partial charge in [-0.3, -0.25) is 4.99 Å². The molecule has 3 aromatic carbocycles. The highest BCUT2D eigenvalue weighted by Gasteiger charge is 2.31. The van der Waals surface area contributed by atoms with Gasteiger partial charge in [-0.2, -0.15) is 0 Å². The smallest absolute Gasteiger partial charge is 0.110 e. The fourth-order valence-electron chi connectivity index (χ4n) is 6.53. The van der Waals surface area contributed by atoms with Gasteiger partial charge in [0.15, 0.2) is 0 Å². The van der Waals surface area contributed by atoms with E-state index in [1.807, 2.05) is 12.3 Å². The van der Waals surface area contributed by atoms with Gasteiger partial charge in [-0.1, -0.05) is 140 Å². The number of rotatable bonds is 14. The fourth-order valence-corrected chi connectivity index (χ4v) is 6.53. The van der Waals surface area contributed by atoms with Crippen molar-refractivity contribution in [3.8, 4) is 22.4 Å². The SMILES string of the molecule is CCCC[C@H](c1ncc(-c2ccc(-c3ccc(C4=CN=C([C@@H](NCCOCc5ccccc5)C(C)(C)C)C4)cc3)cc2)[nH]1)C(C)(C)C. The van der Waals surface area contributed by atoms with Crippen LogP contribution in [-0.2, 0) is 11.3 Å². The Kier molecular flexibility index (Phi) is 11.3. The number of unbranched alkanes of at least 4 members (excludes halogenated alkanes) is 1. The Morgan fingerprint density at radius 2 is 1.45 bits per heavy atom. The lowest BCUT2D eigenvalue weighted by Crippen LogP contribution is -2.47. The molecule has 5 nitrogen and oxygen atoms in total. The molecule has 47 heavy (non-hydrogen) atoms. The van der Waals surface area contributed by atoms with E-state index < -0.39 is 0 Å². The van der Waals surface area contributed by atoms with E-state index in [0.29, 0.717) is 19.1 Å². The maximum absolute atomic E-state index is 5.92. The van der Waals surface area contributed by atoms with Crippen molar-refractivity contribution in [2.24, 2.45) is 15.8 Å². The summed E-state index contributed by atoms with van der Waals surface area (Å²) in [6.07, 6.45) is 8.49. The van der Waals surface area contributed by atoms with Crippen LogP contribution in [-0.4, -0.2) is 34.9 Å². The molecule has 0 radical (unpaired) electrons. The number of imidazole rings is 1. The zero-order chi connectivity index (χ0) is 33.4. The summed E-state index contributed by atoms with van der Waals surface area (Å²) < 4.78 is 5.92. The van der Waals surface area contributed by atoms with Crippen LogP contribution >= 0.6 is 0 Å². The molecule has 2 atom stereocenters. The van der Waals surface area contributed by atoms with Crippen molar-refractivity contribution in [2.75, 3.05) is 13.2 Å². The average Bonchev–Trinajstić information content (AvgIpc) is 3.73. The summed E-state index contributed by atoms with van der Waals surface area (Å²) in [5.74, 6) is 1.53. The van der Waals surface area contributed by atoms with Gasteiger partial charge in [0.1, 0.15) is 5.82 Å². The number of benzene rings is 3. The Hall–Kier alpha value is -3.80. The summed E-state index contributed by atoms with van der Waals surface area (Å²) in [7, 11) is 0. The quantitative estimate of drug-likeness (QED) is 0.136. The van der Waals surface area contributed by atoms with Crippen molar-refractivity contribution >= 4 is 11.3 Å². The van der Waals surface area contributed by atoms with Gasteiger partial charge in [-0.15, -0.1) is 0 Å². The van der Waals surface area contributed by atoms with Crippen LogP contribution < -0.4 is 5.32 Å². The number of allylic oxidation sites excluding steroid dienone is 1. The zero-order valence-electron chi connectivity index (χ0n) is 29.6. The molecule has 0 spiro atoms. The van der Waals surface area contributed by atoms with Gasteiger partial charge in [-0.25, -0.2) is 4.98 Å². The van der Waals surface area contributed by atoms with Gasteiger partial charge < -0.3 is 15.0 Å². The van der Waals surface area contributed by atoms with E-state index in [1.54, 1.807) is 0 Å². The minimum absolute atomic E-state index is 0.0404. The van der Waals surface area contributed by atoms with Crippen LogP contribution in [0.5, 0.6) is 0 Å². The second-order valence-corrected chi connectivity index (χ2v) is 15.1. The summed E-state index contributed by atoms with van der Waals surface area (Å²) in [6, 6.07) is 28.2. The van der Waals surface area contributed by atoms with Gasteiger partial charge >= 0.3 is 0 Å². The monoisotopic (exact) mass is 630 g/mol. The first-order chi connectivity index (χ1) is 22.5. The van der Waals surface area contributed by atoms with Gasteiger partial charge in [0, 0.05) is 30.8 Å². The van der Waals surface area contributed by atoms with Gasteiger partial charge in [0.05, 0.1) is 31.1 Å². The molecule has 1 aromatic heterocycles. The van der Waals surface area contributed by atoms with E-state index in [1.165, 1.54) is 46.4 Å². The lowest BCUT2D eigenvalue weighted by Gasteiger charge is -2.32. The van der Waals surface area contributed by atoms with Gasteiger partial charge in [0.25, 0.3) is 0 Å². The molecule has 0 amide bonds. The lowest BCUT2D eigenvalue weighted by atomic mass is 9.77. The highest BCUT2D eigenvalue weighted by molar-refractivity contribution is 6.02. The maximum Gasteiger partial charge on any atom is 0.110 e. The van der Waals surface area contributed by atoms with Crippen molar-refractivity contribution in [2.45, 2.75) is 92.7 Å². The number of ether oxygens (including phenoxy) is 1. The molecule has 0 fully saturated rings. The topological polar surface area (TPSA) is 62.3 Å². The minimum atomic E-state index is 0.0404. The predicted octanol–water partition coefficient (Wildman–Crippen LogP) is 10.5. The molecule has 5 heteroatoms. The molecule has 2 N–H and O–H groups in total. The molecule has 2 heterocycles. The molecule has 1 aliphatic heterocycles. The van der Waals surface area contributed by atoms with Crippen LogP contribution in [0.3, 0.4) is 0 Å². The zero-order valence-corrected chi connectivity index (χ0v) is 29.6. The van der Waals surface area contributed by atoms with Crippen molar-refractivity contribution in [1.82, 2.24) is 15.3 Å². The van der Waals surface area contributed by atoms with E-state index in [0.717, 1.165) is 36.5 Å². The second kappa shape index (κ2) is 15.4. The molecular weight excluding hydrogens is 576 g/mol. The van der Waals surface area contributed by atoms with Crippen LogP contribution in [0.25, 0.3) is 28.0 Å². The largest absolute Gasteiger partial charge is 0.375 e. The molecule has 4 aromatic rings. The summed E-state index contributed by atoms with van der Waals surface area (Å²) in [5.41, 5.74) is 9.76. The van der Waals surface area contributed by atoms with Crippen molar-refractivity contribution in [1.29, 1.82) is 0 Å². The Morgan fingerprint density at radius 3 is 2.06 bits per heavy atom. The highest BCUT2D eigenvalue weighted by Crippen LogP contribution is 2.38. The first-order valence-electron chi connectivity index (χ1n) is 17.4. The Labute approximate surface area is 283 Å². The van der Waals surface area contributed by atoms with Gasteiger partial charge in [-0.05, 0) is 50.6 Å². The molecule has 1 aliphatic rings. The van der Waals surface area contributed by atoms with E-state index in [-0.39, 0.29) is 16.9 Å². The number of aromatic amines is 1. The number of aliphatic imine (C=N–C) groups is 1. The maximum atomic E-state index is 5.92. The second-order valence-electron chi connectivity index (χ2n) is 15.1. The number of H-pyrrole nitrogens is 1. The van der Waals surface area contributed by atoms with E-state index in [2.05, 4.69) is 138 Å². The number of aromatic nitrogens is 2. The number of hydrogen-bond acceptors (Lipinski definition) is 4. The first-order valence-corrected chi connectivity index (χ1v) is 17.4. The van der Waals surface area contributed by atoms with E-state index in [4.69, 9.17) is 14.7 Å². The van der Waals surface area contributed by atoms with Crippen LogP contribution in [0, 0.1) is 10.8 Å². The van der Waals surface area contributed by atoms with Crippen LogP contribution in [0.4, 0.5) is 0 Å². The molecule has 0 bridgehead atoms. The normalized spacial score (nSPS) is 15.0. The molecule has 0 aliphatic carbocycles. The molecule has 248 valence electrons. The standard InChI is InChI=1S/C42H54N4O/c1-8-9-15-36(41(2,3)4)40-45-28-38(46-40)34-22-20-32(21-23-34)31-16-18-33(19-17-31)35-26-37(44-27-35)39(42(5,6)7)43-24-25-47-29-30-13-11-10-12-14-30/h10-14,16-23,27-28,36,39,43H,8-9,15,24-26,29H2,1-7H3,(H,45,46)/t36-,39-/m1/s1. The summed E-state index contributed by atoms with van der Waals surface area (Å²) in [6.45, 7) is 18.1. The van der Waals surface area contributed by atoms with Crippen LogP contribution in [0.15, 0.2) is 96.3 Å². The molecule has 5 rings (SSSR count). The first kappa shape index (κ1) is 34.5. The summed E-state index contributed by atoms with van der Waals surface area (Å²) in [4.78, 5) is 13.4.